The number of carbonyl (C=O) groups excluding carboxylic acids is 1. The van der Waals surface area contributed by atoms with Crippen LogP contribution in [0.1, 0.15) is 77.0 Å². The van der Waals surface area contributed by atoms with Crippen molar-refractivity contribution < 1.29 is 28.2 Å². The lowest BCUT2D eigenvalue weighted by Gasteiger charge is -2.22. The Bertz CT molecular complexity index is 574. The number of alkyl halides is 2. The lowest BCUT2D eigenvalue weighted by Crippen LogP contribution is -2.22. The Labute approximate surface area is 179 Å². The molecule has 3 fully saturated rings. The fraction of sp³-hybridized carbons (Fsp3) is 0.875. The highest BCUT2D eigenvalue weighted by Gasteiger charge is 2.43. The zero-order valence-corrected chi connectivity index (χ0v) is 18.2. The number of rotatable bonds is 9. The summed E-state index contributed by atoms with van der Waals surface area (Å²) < 4.78 is 39.6. The van der Waals surface area contributed by atoms with E-state index in [-0.39, 0.29) is 30.3 Å². The first-order valence-electron chi connectivity index (χ1n) is 11.8. The molecule has 3 rings (SSSR count). The van der Waals surface area contributed by atoms with Gasteiger partial charge in [-0.25, -0.2) is 8.78 Å². The summed E-state index contributed by atoms with van der Waals surface area (Å²) in [7, 11) is 1.40. The van der Waals surface area contributed by atoms with Crippen LogP contribution in [0.5, 0.6) is 0 Å². The lowest BCUT2D eigenvalue weighted by molar-refractivity contribution is -0.140. The molecule has 2 saturated carbocycles. The Morgan fingerprint density at radius 1 is 1.17 bits per heavy atom. The molecule has 0 amide bonds. The van der Waals surface area contributed by atoms with Gasteiger partial charge in [-0.3, -0.25) is 4.79 Å². The number of ether oxygens (including phenoxy) is 2. The third kappa shape index (κ3) is 6.74. The highest BCUT2D eigenvalue weighted by atomic mass is 19.3. The molecule has 0 aromatic heterocycles. The monoisotopic (exact) mass is 428 g/mol. The third-order valence-electron chi connectivity index (χ3n) is 7.49. The molecule has 0 spiro atoms. The van der Waals surface area contributed by atoms with Crippen LogP contribution in [0.3, 0.4) is 0 Å². The van der Waals surface area contributed by atoms with E-state index in [4.69, 9.17) is 4.74 Å². The molecular formula is C24H38F2O4. The average molecular weight is 429 g/mol. The highest BCUT2D eigenvalue weighted by Crippen LogP contribution is 2.42. The van der Waals surface area contributed by atoms with E-state index in [2.05, 4.69) is 4.74 Å². The summed E-state index contributed by atoms with van der Waals surface area (Å²) in [4.78, 5) is 11.3. The van der Waals surface area contributed by atoms with Crippen LogP contribution in [0.25, 0.3) is 0 Å². The van der Waals surface area contributed by atoms with Gasteiger partial charge in [0, 0.05) is 31.8 Å². The van der Waals surface area contributed by atoms with Crippen molar-refractivity contribution in [2.75, 3.05) is 13.7 Å². The van der Waals surface area contributed by atoms with Crippen LogP contribution in [0.2, 0.25) is 0 Å². The van der Waals surface area contributed by atoms with Gasteiger partial charge in [0.05, 0.1) is 19.3 Å². The molecule has 1 saturated heterocycles. The molecule has 0 bridgehead atoms. The number of aliphatic hydroxyl groups is 1. The largest absolute Gasteiger partial charge is 0.469 e. The molecular weight excluding hydrogens is 390 g/mol. The molecule has 1 N–H and O–H groups in total. The Morgan fingerprint density at radius 2 is 1.93 bits per heavy atom. The zero-order chi connectivity index (χ0) is 21.6. The highest BCUT2D eigenvalue weighted by molar-refractivity contribution is 5.68. The van der Waals surface area contributed by atoms with Crippen LogP contribution < -0.4 is 0 Å². The second-order valence-corrected chi connectivity index (χ2v) is 9.64. The van der Waals surface area contributed by atoms with E-state index in [1.165, 1.54) is 20.0 Å². The van der Waals surface area contributed by atoms with Gasteiger partial charge in [-0.05, 0) is 55.9 Å². The maximum absolute atomic E-state index is 14.4. The third-order valence-corrected chi connectivity index (χ3v) is 7.49. The second-order valence-electron chi connectivity index (χ2n) is 9.64. The lowest BCUT2D eigenvalue weighted by atomic mass is 9.86. The van der Waals surface area contributed by atoms with Gasteiger partial charge < -0.3 is 14.6 Å². The van der Waals surface area contributed by atoms with Gasteiger partial charge in [0.25, 0.3) is 5.92 Å². The molecule has 6 heteroatoms. The number of carbonyl (C=O) groups is 1. The Morgan fingerprint density at radius 3 is 2.67 bits per heavy atom. The summed E-state index contributed by atoms with van der Waals surface area (Å²) in [6, 6.07) is 0. The van der Waals surface area contributed by atoms with E-state index in [1.54, 1.807) is 6.08 Å². The Balaban J connectivity index is 1.49. The summed E-state index contributed by atoms with van der Waals surface area (Å²) in [5.41, 5.74) is 0. The molecule has 5 atom stereocenters. The number of hydrogen-bond acceptors (Lipinski definition) is 4. The van der Waals surface area contributed by atoms with Crippen molar-refractivity contribution in [1.29, 1.82) is 0 Å². The molecule has 4 nitrogen and oxygen atoms in total. The van der Waals surface area contributed by atoms with Crippen LogP contribution in [0.15, 0.2) is 12.2 Å². The van der Waals surface area contributed by atoms with Crippen molar-refractivity contribution >= 4 is 5.97 Å². The van der Waals surface area contributed by atoms with Crippen molar-refractivity contribution in [2.45, 2.75) is 95.2 Å². The van der Waals surface area contributed by atoms with Crippen molar-refractivity contribution in [3.8, 4) is 0 Å². The molecule has 0 radical (unpaired) electrons. The number of fused-ring (bicyclic) bond motifs is 1. The first-order chi connectivity index (χ1) is 14.4. The number of esters is 1. The predicted molar refractivity (Wildman–Crippen MR) is 111 cm³/mol. The van der Waals surface area contributed by atoms with E-state index in [9.17, 15) is 18.7 Å². The molecule has 0 unspecified atom stereocenters. The zero-order valence-electron chi connectivity index (χ0n) is 18.2. The Hall–Kier alpha value is -1.01. The van der Waals surface area contributed by atoms with Crippen molar-refractivity contribution in [3.05, 3.63) is 12.2 Å². The first-order valence-corrected chi connectivity index (χ1v) is 11.8. The number of hydrogen-bond donors (Lipinski definition) is 1. The molecule has 30 heavy (non-hydrogen) atoms. The van der Waals surface area contributed by atoms with E-state index in [0.29, 0.717) is 37.7 Å². The van der Waals surface area contributed by atoms with E-state index >= 15 is 0 Å². The Kier molecular flexibility index (Phi) is 8.70. The summed E-state index contributed by atoms with van der Waals surface area (Å²) in [6.45, 7) is 0.614. The molecule has 3 aliphatic rings. The minimum Gasteiger partial charge on any atom is -0.469 e. The molecule has 0 aromatic rings. The minimum absolute atomic E-state index is 0.0626. The summed E-state index contributed by atoms with van der Waals surface area (Å²) in [6.07, 6.45) is 11.4. The standard InChI is InChI=1S/C24H38F2O4/c1-29-23(28)8-4-7-18-9-10-20-19(21(27)15-22(20)30-16-18)12-14-24(25,26)13-11-17-5-2-3-6-17/h12,14,17-22,27H,2-11,13,15-16H2,1H3/b14-12+/t18-,19+,20+,21+,22-/m0/s1. The normalized spacial score (nSPS) is 33.0. The van der Waals surface area contributed by atoms with E-state index in [1.807, 2.05) is 0 Å². The fourth-order valence-corrected chi connectivity index (χ4v) is 5.61. The SMILES string of the molecule is COC(=O)CCC[C@H]1CC[C@@H]2[C@@H](/C=C/C(F)(F)CCC3CCCC3)[C@H](O)C[C@@H]2OC1. The number of methoxy groups -OCH3 is 1. The summed E-state index contributed by atoms with van der Waals surface area (Å²) in [5.74, 6) is -2.34. The molecule has 1 heterocycles. The summed E-state index contributed by atoms with van der Waals surface area (Å²) in [5, 5.41) is 10.5. The topological polar surface area (TPSA) is 55.8 Å². The molecule has 0 aromatic carbocycles. The van der Waals surface area contributed by atoms with Crippen molar-refractivity contribution in [3.63, 3.8) is 0 Å². The van der Waals surface area contributed by atoms with Gasteiger partial charge in [0.2, 0.25) is 0 Å². The van der Waals surface area contributed by atoms with Crippen LogP contribution in [0.4, 0.5) is 8.78 Å². The molecule has 2 aliphatic carbocycles. The van der Waals surface area contributed by atoms with Crippen LogP contribution in [-0.2, 0) is 14.3 Å². The van der Waals surface area contributed by atoms with E-state index < -0.39 is 12.0 Å². The fourth-order valence-electron chi connectivity index (χ4n) is 5.61. The van der Waals surface area contributed by atoms with Crippen LogP contribution >= 0.6 is 0 Å². The molecule has 1 aliphatic heterocycles. The van der Waals surface area contributed by atoms with Gasteiger partial charge in [-0.15, -0.1) is 0 Å². The number of allylic oxidation sites excluding steroid dienone is 1. The quantitative estimate of drug-likeness (QED) is 0.401. The number of aliphatic hydroxyl groups excluding tert-OH is 1. The molecule has 172 valence electrons. The number of halogens is 2. The van der Waals surface area contributed by atoms with Gasteiger partial charge in [0.15, 0.2) is 0 Å². The van der Waals surface area contributed by atoms with Crippen molar-refractivity contribution in [2.24, 2.45) is 23.7 Å². The maximum atomic E-state index is 14.4. The first kappa shape index (κ1) is 23.6. The predicted octanol–water partition coefficient (Wildman–Crippen LogP) is 5.28. The smallest absolute Gasteiger partial charge is 0.305 e. The van der Waals surface area contributed by atoms with E-state index in [0.717, 1.165) is 44.6 Å². The summed E-state index contributed by atoms with van der Waals surface area (Å²) >= 11 is 0. The average Bonchev–Trinajstić information content (AvgIpc) is 3.29. The minimum atomic E-state index is -2.80. The van der Waals surface area contributed by atoms with Gasteiger partial charge in [-0.2, -0.15) is 0 Å². The maximum Gasteiger partial charge on any atom is 0.305 e. The van der Waals surface area contributed by atoms with Crippen molar-refractivity contribution in [1.82, 2.24) is 0 Å². The van der Waals surface area contributed by atoms with Gasteiger partial charge >= 0.3 is 5.97 Å². The van der Waals surface area contributed by atoms with Crippen LogP contribution in [0, 0.1) is 23.7 Å². The second kappa shape index (κ2) is 11.0. The van der Waals surface area contributed by atoms with Gasteiger partial charge in [0.1, 0.15) is 0 Å². The van der Waals surface area contributed by atoms with Crippen LogP contribution in [-0.4, -0.2) is 42.9 Å². The van der Waals surface area contributed by atoms with Gasteiger partial charge in [-0.1, -0.05) is 31.8 Å².